The Labute approximate surface area is 101 Å². The molecule has 0 aliphatic carbocycles. The zero-order valence-electron chi connectivity index (χ0n) is 10.9. The molecule has 2 aliphatic heterocycles. The quantitative estimate of drug-likeness (QED) is 0.715. The zero-order chi connectivity index (χ0) is 11.3. The van der Waals surface area contributed by atoms with Gasteiger partial charge in [0.25, 0.3) is 0 Å². The standard InChI is InChI=1S/C14H28N2/c1-2-14-9-6-4-3-5-7-13(16-14)8-11-15-12-10-14/h13,15-16H,2-12H2,1H3. The summed E-state index contributed by atoms with van der Waals surface area (Å²) in [5, 5.41) is 7.62. The van der Waals surface area contributed by atoms with Crippen molar-refractivity contribution in [3.05, 3.63) is 0 Å². The smallest absolute Gasteiger partial charge is 0.0193 e. The highest BCUT2D eigenvalue weighted by atomic mass is 15.0. The summed E-state index contributed by atoms with van der Waals surface area (Å²) in [6.45, 7) is 4.77. The Balaban J connectivity index is 2.06. The van der Waals surface area contributed by atoms with Crippen molar-refractivity contribution in [2.75, 3.05) is 13.1 Å². The van der Waals surface area contributed by atoms with Crippen LogP contribution in [0.15, 0.2) is 0 Å². The van der Waals surface area contributed by atoms with Crippen LogP contribution < -0.4 is 10.6 Å². The highest BCUT2D eigenvalue weighted by Crippen LogP contribution is 2.28. The average Bonchev–Trinajstić information content (AvgIpc) is 2.37. The fourth-order valence-corrected chi connectivity index (χ4v) is 3.38. The van der Waals surface area contributed by atoms with Gasteiger partial charge in [-0.05, 0) is 45.2 Å². The highest BCUT2D eigenvalue weighted by molar-refractivity contribution is 4.92. The lowest BCUT2D eigenvalue weighted by atomic mass is 9.84. The van der Waals surface area contributed by atoms with Crippen LogP contribution in [0.2, 0.25) is 0 Å². The molecular formula is C14H28N2. The first kappa shape index (κ1) is 12.4. The Bertz CT molecular complexity index is 205. The van der Waals surface area contributed by atoms with Gasteiger partial charge >= 0.3 is 0 Å². The Hall–Kier alpha value is -0.0800. The minimum atomic E-state index is 0.447. The number of nitrogens with one attached hydrogen (secondary N) is 2. The van der Waals surface area contributed by atoms with Gasteiger partial charge in [0.2, 0.25) is 0 Å². The normalized spacial score (nSPS) is 37.7. The van der Waals surface area contributed by atoms with E-state index in [-0.39, 0.29) is 0 Å². The maximum Gasteiger partial charge on any atom is 0.0193 e. The number of fused-ring (bicyclic) bond motifs is 2. The van der Waals surface area contributed by atoms with Crippen molar-refractivity contribution in [3.8, 4) is 0 Å². The first-order chi connectivity index (χ1) is 7.85. The van der Waals surface area contributed by atoms with E-state index in [0.29, 0.717) is 5.54 Å². The van der Waals surface area contributed by atoms with Gasteiger partial charge in [-0.25, -0.2) is 0 Å². The first-order valence-corrected chi connectivity index (χ1v) is 7.33. The summed E-state index contributed by atoms with van der Waals surface area (Å²) < 4.78 is 0. The number of rotatable bonds is 1. The van der Waals surface area contributed by atoms with Crippen molar-refractivity contribution in [1.29, 1.82) is 0 Å². The van der Waals surface area contributed by atoms with E-state index >= 15 is 0 Å². The molecule has 2 unspecified atom stereocenters. The van der Waals surface area contributed by atoms with Gasteiger partial charge in [-0.2, -0.15) is 0 Å². The predicted molar refractivity (Wildman–Crippen MR) is 69.8 cm³/mol. The maximum atomic E-state index is 4.02. The Kier molecular flexibility index (Phi) is 4.66. The van der Waals surface area contributed by atoms with E-state index in [1.165, 1.54) is 70.9 Å². The second-order valence-corrected chi connectivity index (χ2v) is 5.72. The summed E-state index contributed by atoms with van der Waals surface area (Å²) >= 11 is 0. The second-order valence-electron chi connectivity index (χ2n) is 5.72. The van der Waals surface area contributed by atoms with E-state index in [4.69, 9.17) is 0 Å². The van der Waals surface area contributed by atoms with Gasteiger partial charge in [0, 0.05) is 11.6 Å². The maximum absolute atomic E-state index is 4.02. The third kappa shape index (κ3) is 3.21. The van der Waals surface area contributed by atoms with E-state index in [9.17, 15) is 0 Å². The monoisotopic (exact) mass is 224 g/mol. The molecule has 2 rings (SSSR count). The topological polar surface area (TPSA) is 24.1 Å². The van der Waals surface area contributed by atoms with Crippen LogP contribution in [0.3, 0.4) is 0 Å². The molecule has 94 valence electrons. The summed E-state index contributed by atoms with van der Waals surface area (Å²) in [6, 6.07) is 0.769. The molecule has 2 N–H and O–H groups in total. The largest absolute Gasteiger partial charge is 0.317 e. The molecule has 0 aromatic carbocycles. The molecule has 2 nitrogen and oxygen atoms in total. The molecule has 2 atom stereocenters. The molecular weight excluding hydrogens is 196 g/mol. The average molecular weight is 224 g/mol. The van der Waals surface area contributed by atoms with Crippen LogP contribution in [0.25, 0.3) is 0 Å². The van der Waals surface area contributed by atoms with Crippen LogP contribution in [0.4, 0.5) is 0 Å². The van der Waals surface area contributed by atoms with Crippen LogP contribution in [0.1, 0.15) is 64.7 Å². The lowest BCUT2D eigenvalue weighted by Crippen LogP contribution is -2.53. The molecule has 2 aliphatic rings. The number of hydrogen-bond acceptors (Lipinski definition) is 2. The molecule has 0 spiro atoms. The van der Waals surface area contributed by atoms with Crippen LogP contribution in [-0.2, 0) is 0 Å². The van der Waals surface area contributed by atoms with Gasteiger partial charge in [-0.15, -0.1) is 0 Å². The van der Waals surface area contributed by atoms with Crippen molar-refractivity contribution in [2.45, 2.75) is 76.3 Å². The number of hydrogen-bond donors (Lipinski definition) is 2. The van der Waals surface area contributed by atoms with E-state index in [1.807, 2.05) is 0 Å². The van der Waals surface area contributed by atoms with Crippen molar-refractivity contribution in [1.82, 2.24) is 10.6 Å². The minimum Gasteiger partial charge on any atom is -0.317 e. The van der Waals surface area contributed by atoms with Gasteiger partial charge < -0.3 is 10.6 Å². The second kappa shape index (κ2) is 6.02. The van der Waals surface area contributed by atoms with Crippen LogP contribution in [0, 0.1) is 0 Å². The van der Waals surface area contributed by atoms with Crippen LogP contribution >= 0.6 is 0 Å². The lowest BCUT2D eigenvalue weighted by molar-refractivity contribution is 0.211. The van der Waals surface area contributed by atoms with Crippen molar-refractivity contribution in [3.63, 3.8) is 0 Å². The molecule has 0 saturated carbocycles. The fourth-order valence-electron chi connectivity index (χ4n) is 3.38. The summed E-state index contributed by atoms with van der Waals surface area (Å²) in [7, 11) is 0. The van der Waals surface area contributed by atoms with E-state index in [0.717, 1.165) is 6.04 Å². The van der Waals surface area contributed by atoms with E-state index < -0.39 is 0 Å². The van der Waals surface area contributed by atoms with E-state index in [2.05, 4.69) is 17.6 Å². The lowest BCUT2D eigenvalue weighted by Gasteiger charge is -2.39. The van der Waals surface area contributed by atoms with Crippen LogP contribution in [-0.4, -0.2) is 24.7 Å². The molecule has 0 amide bonds. The Morgan fingerprint density at radius 3 is 2.75 bits per heavy atom. The zero-order valence-corrected chi connectivity index (χ0v) is 10.9. The summed E-state index contributed by atoms with van der Waals surface area (Å²) in [5.41, 5.74) is 0.447. The van der Waals surface area contributed by atoms with Gasteiger partial charge in [0.15, 0.2) is 0 Å². The van der Waals surface area contributed by atoms with Crippen molar-refractivity contribution < 1.29 is 0 Å². The summed E-state index contributed by atoms with van der Waals surface area (Å²) in [5.74, 6) is 0. The molecule has 2 bridgehead atoms. The third-order valence-corrected chi connectivity index (χ3v) is 4.59. The molecule has 0 radical (unpaired) electrons. The van der Waals surface area contributed by atoms with Crippen LogP contribution in [0.5, 0.6) is 0 Å². The Morgan fingerprint density at radius 1 is 1.00 bits per heavy atom. The van der Waals surface area contributed by atoms with E-state index in [1.54, 1.807) is 0 Å². The van der Waals surface area contributed by atoms with Gasteiger partial charge in [0.05, 0.1) is 0 Å². The third-order valence-electron chi connectivity index (χ3n) is 4.59. The fraction of sp³-hybridized carbons (Fsp3) is 1.00. The summed E-state index contributed by atoms with van der Waals surface area (Å²) in [4.78, 5) is 0. The minimum absolute atomic E-state index is 0.447. The summed E-state index contributed by atoms with van der Waals surface area (Å²) in [6.07, 6.45) is 12.5. The van der Waals surface area contributed by atoms with Gasteiger partial charge in [0.1, 0.15) is 0 Å². The SMILES string of the molecule is CCC12CCCCCCC(CCNCC1)N2. The molecule has 0 aromatic heterocycles. The highest BCUT2D eigenvalue weighted by Gasteiger charge is 2.31. The molecule has 2 heteroatoms. The first-order valence-electron chi connectivity index (χ1n) is 7.33. The predicted octanol–water partition coefficient (Wildman–Crippen LogP) is 2.83. The van der Waals surface area contributed by atoms with Gasteiger partial charge in [-0.1, -0.05) is 32.6 Å². The van der Waals surface area contributed by atoms with Gasteiger partial charge in [-0.3, -0.25) is 0 Å². The Morgan fingerprint density at radius 2 is 1.88 bits per heavy atom. The molecule has 2 saturated heterocycles. The molecule has 0 aromatic rings. The van der Waals surface area contributed by atoms with Crippen molar-refractivity contribution in [2.24, 2.45) is 0 Å². The van der Waals surface area contributed by atoms with Crippen molar-refractivity contribution >= 4 is 0 Å². The molecule has 2 heterocycles. The molecule has 16 heavy (non-hydrogen) atoms. The molecule has 2 fully saturated rings.